The first-order valence-electron chi connectivity index (χ1n) is 12.8. The molecule has 3 N–H and O–H groups in total. The van der Waals surface area contributed by atoms with Crippen LogP contribution in [0.25, 0.3) is 0 Å². The number of rotatable bonds is 3. The average molecular weight is 553 g/mol. The summed E-state index contributed by atoms with van der Waals surface area (Å²) in [5.41, 5.74) is 3.65. The van der Waals surface area contributed by atoms with Gasteiger partial charge in [-0.25, -0.2) is 9.59 Å². The molecule has 0 aromatic carbocycles. The number of hydrogen-bond donors (Lipinski definition) is 2. The number of likely N-dealkylation sites (tertiary alicyclic amines) is 2. The number of amides is 2. The van der Waals surface area contributed by atoms with Crippen LogP contribution in [0.5, 0.6) is 0 Å². The summed E-state index contributed by atoms with van der Waals surface area (Å²) in [6.45, 7) is 18.0. The van der Waals surface area contributed by atoms with Crippen molar-refractivity contribution in [2.75, 3.05) is 40.3 Å². The molecule has 2 aliphatic rings. The number of Topliss-reactive ketones (excluding diaryl/α,β-unsaturated/α-hetero) is 1. The molecule has 0 aromatic heterocycles. The molecule has 2 fully saturated rings. The van der Waals surface area contributed by atoms with Gasteiger partial charge in [0.1, 0.15) is 17.0 Å². The van der Waals surface area contributed by atoms with Crippen LogP contribution < -0.4 is 11.1 Å². The Kier molecular flexibility index (Phi) is 20.1. The summed E-state index contributed by atoms with van der Waals surface area (Å²) in [6, 6.07) is 0.524. The number of halogens is 1. The van der Waals surface area contributed by atoms with Crippen molar-refractivity contribution >= 4 is 30.4 Å². The number of nitrogens with zero attached hydrogens (tertiary/aromatic N) is 2. The molecule has 2 heterocycles. The Labute approximate surface area is 233 Å². The van der Waals surface area contributed by atoms with Gasteiger partial charge in [-0.3, -0.25) is 4.79 Å². The fourth-order valence-corrected chi connectivity index (χ4v) is 3.94. The summed E-state index contributed by atoms with van der Waals surface area (Å²) in [5, 5.41) is 3.28. The van der Waals surface area contributed by atoms with Gasteiger partial charge in [0.05, 0.1) is 0 Å². The van der Waals surface area contributed by atoms with Crippen LogP contribution >= 0.6 is 12.4 Å². The minimum atomic E-state index is -0.450. The number of ether oxygens (including phenoxy) is 2. The lowest BCUT2D eigenvalue weighted by Crippen LogP contribution is -2.45. The van der Waals surface area contributed by atoms with Gasteiger partial charge in [0.2, 0.25) is 0 Å². The zero-order chi connectivity index (χ0) is 27.4. The molecule has 9 nitrogen and oxygen atoms in total. The van der Waals surface area contributed by atoms with Gasteiger partial charge in [-0.2, -0.15) is 0 Å². The highest BCUT2D eigenvalue weighted by atomic mass is 35.5. The molecule has 2 amide bonds. The second kappa shape index (κ2) is 18.6. The Hall–Kier alpha value is -1.58. The summed E-state index contributed by atoms with van der Waals surface area (Å²) in [6.07, 6.45) is 3.19. The van der Waals surface area contributed by atoms with Gasteiger partial charge in [0, 0.05) is 38.1 Å². The first kappa shape index (κ1) is 39.9. The summed E-state index contributed by atoms with van der Waals surface area (Å²) < 4.78 is 10.6. The fraction of sp³-hybridized carbons (Fsp3) is 0.889. The highest BCUT2D eigenvalue weighted by molar-refractivity contribution is 5.85. The predicted octanol–water partition coefficient (Wildman–Crippen LogP) is 5.10. The van der Waals surface area contributed by atoms with Crippen LogP contribution in [0.3, 0.4) is 0 Å². The van der Waals surface area contributed by atoms with Crippen LogP contribution in [-0.4, -0.2) is 85.3 Å². The molecule has 0 radical (unpaired) electrons. The van der Waals surface area contributed by atoms with E-state index in [1.807, 2.05) is 53.5 Å². The Balaban J connectivity index is -0.000000558. The molecule has 2 rings (SSSR count). The van der Waals surface area contributed by atoms with E-state index in [4.69, 9.17) is 9.47 Å². The Morgan fingerprint density at radius 3 is 1.41 bits per heavy atom. The Morgan fingerprint density at radius 2 is 1.14 bits per heavy atom. The van der Waals surface area contributed by atoms with E-state index in [-0.39, 0.29) is 43.7 Å². The van der Waals surface area contributed by atoms with E-state index < -0.39 is 11.2 Å². The first-order valence-corrected chi connectivity index (χ1v) is 12.8. The van der Waals surface area contributed by atoms with E-state index in [1.165, 1.54) is 7.05 Å². The zero-order valence-corrected chi connectivity index (χ0v) is 25.1. The number of carbonyl (C=O) groups is 3. The van der Waals surface area contributed by atoms with E-state index in [9.17, 15) is 14.4 Å². The van der Waals surface area contributed by atoms with Crippen LogP contribution in [0.4, 0.5) is 9.59 Å². The van der Waals surface area contributed by atoms with Crippen molar-refractivity contribution in [2.45, 2.75) is 106 Å². The van der Waals surface area contributed by atoms with Gasteiger partial charge in [-0.15, -0.1) is 12.4 Å². The molecule has 222 valence electrons. The van der Waals surface area contributed by atoms with Gasteiger partial charge >= 0.3 is 12.2 Å². The third kappa shape index (κ3) is 16.8. The maximum absolute atomic E-state index is 11.8. The maximum atomic E-state index is 11.8. The molecule has 0 saturated carbocycles. The molecular weight excluding hydrogens is 496 g/mol. The van der Waals surface area contributed by atoms with Crippen LogP contribution in [0.15, 0.2) is 0 Å². The van der Waals surface area contributed by atoms with Crippen LogP contribution in [0.2, 0.25) is 0 Å². The molecular formula is C27H57ClN4O5. The summed E-state index contributed by atoms with van der Waals surface area (Å²) >= 11 is 0. The summed E-state index contributed by atoms with van der Waals surface area (Å²) in [5.74, 6) is 1.02. The topological polar surface area (TPSA) is 114 Å². The van der Waals surface area contributed by atoms with Gasteiger partial charge in [-0.1, -0.05) is 7.43 Å². The van der Waals surface area contributed by atoms with E-state index in [0.29, 0.717) is 25.0 Å². The number of carbonyl (C=O) groups excluding carboxylic acids is 3. The quantitative estimate of drug-likeness (QED) is 0.500. The average Bonchev–Trinajstić information content (AvgIpc) is 2.78. The molecule has 1 unspecified atom stereocenters. The minimum Gasteiger partial charge on any atom is -0.444 e. The number of nitrogens with one attached hydrogen (secondary N) is 1. The standard InChI is InChI=1S/C13H26N2O2.C12H21NO3.CH5N.CH4.ClH/c1-10(14-5)11-6-8-15(9-7-11)12(16)17-13(2,3)4;1-9(14)10-5-7-13(8-6-10)11(15)16-12(2,3)4;1-2;;/h10-11,14H,6-9H2,1-5H3;10H,5-8H2,1-4H3;2H2,1H3;1H4;1H. The third-order valence-electron chi connectivity index (χ3n) is 6.08. The molecule has 0 aromatic rings. The highest BCUT2D eigenvalue weighted by Crippen LogP contribution is 2.22. The molecule has 0 aliphatic carbocycles. The van der Waals surface area contributed by atoms with Crippen molar-refractivity contribution in [3.05, 3.63) is 0 Å². The lowest BCUT2D eigenvalue weighted by Gasteiger charge is -2.35. The monoisotopic (exact) mass is 552 g/mol. The number of nitrogens with two attached hydrogens (primary N) is 1. The minimum absolute atomic E-state index is 0. The second-order valence-corrected chi connectivity index (χ2v) is 11.2. The van der Waals surface area contributed by atoms with Crippen molar-refractivity contribution in [3.8, 4) is 0 Å². The van der Waals surface area contributed by atoms with Gasteiger partial charge < -0.3 is 30.3 Å². The van der Waals surface area contributed by atoms with E-state index in [1.54, 1.807) is 11.8 Å². The Morgan fingerprint density at radius 1 is 0.811 bits per heavy atom. The van der Waals surface area contributed by atoms with Gasteiger partial charge in [0.15, 0.2) is 0 Å². The normalized spacial score (nSPS) is 17.4. The third-order valence-corrected chi connectivity index (χ3v) is 6.08. The van der Waals surface area contributed by atoms with Crippen molar-refractivity contribution in [3.63, 3.8) is 0 Å². The largest absolute Gasteiger partial charge is 0.444 e. The second-order valence-electron chi connectivity index (χ2n) is 11.2. The Bertz CT molecular complexity index is 648. The van der Waals surface area contributed by atoms with Crippen LogP contribution in [0.1, 0.15) is 88.5 Å². The van der Waals surface area contributed by atoms with Crippen LogP contribution in [0, 0.1) is 11.8 Å². The molecule has 37 heavy (non-hydrogen) atoms. The summed E-state index contributed by atoms with van der Waals surface area (Å²) in [4.78, 5) is 38.2. The fourth-order valence-electron chi connectivity index (χ4n) is 3.94. The predicted molar refractivity (Wildman–Crippen MR) is 154 cm³/mol. The smallest absolute Gasteiger partial charge is 0.410 e. The maximum Gasteiger partial charge on any atom is 0.410 e. The van der Waals surface area contributed by atoms with Crippen molar-refractivity contribution in [1.82, 2.24) is 15.1 Å². The summed E-state index contributed by atoms with van der Waals surface area (Å²) in [7, 11) is 3.49. The zero-order valence-electron chi connectivity index (χ0n) is 24.3. The van der Waals surface area contributed by atoms with E-state index in [0.717, 1.165) is 38.8 Å². The van der Waals surface area contributed by atoms with E-state index in [2.05, 4.69) is 18.0 Å². The lowest BCUT2D eigenvalue weighted by atomic mass is 9.90. The van der Waals surface area contributed by atoms with Crippen molar-refractivity contribution in [1.29, 1.82) is 0 Å². The van der Waals surface area contributed by atoms with Gasteiger partial charge in [0.25, 0.3) is 0 Å². The molecule has 10 heteroatoms. The molecule has 0 spiro atoms. The molecule has 2 saturated heterocycles. The van der Waals surface area contributed by atoms with Crippen molar-refractivity contribution < 1.29 is 23.9 Å². The first-order chi connectivity index (χ1) is 16.1. The molecule has 2 aliphatic heterocycles. The molecule has 1 atom stereocenters. The number of piperidine rings is 2. The van der Waals surface area contributed by atoms with Crippen molar-refractivity contribution in [2.24, 2.45) is 17.6 Å². The molecule has 0 bridgehead atoms. The number of ketones is 1. The highest BCUT2D eigenvalue weighted by Gasteiger charge is 2.29. The number of hydrogen-bond acceptors (Lipinski definition) is 7. The van der Waals surface area contributed by atoms with Gasteiger partial charge in [-0.05, 0) is 101 Å². The lowest BCUT2D eigenvalue weighted by molar-refractivity contribution is -0.122. The SMILES string of the molecule is C.CC(=O)C1CCN(C(=O)OC(C)(C)C)CC1.CN.CNC(C)C1CCN(C(=O)OC(C)(C)C)CC1.Cl. The van der Waals surface area contributed by atoms with E-state index >= 15 is 0 Å². The van der Waals surface area contributed by atoms with Crippen LogP contribution in [-0.2, 0) is 14.3 Å².